The minimum atomic E-state index is -0.122. The van der Waals surface area contributed by atoms with Gasteiger partial charge in [-0.05, 0) is 37.1 Å². The van der Waals surface area contributed by atoms with E-state index in [1.165, 1.54) is 4.90 Å². The first-order valence-electron chi connectivity index (χ1n) is 7.36. The van der Waals surface area contributed by atoms with Crippen molar-refractivity contribution in [2.45, 2.75) is 49.3 Å². The molecule has 1 aliphatic rings. The molecule has 0 atom stereocenters. The van der Waals surface area contributed by atoms with Gasteiger partial charge in [-0.25, -0.2) is 4.79 Å². The Bertz CT molecular complexity index is 478. The van der Waals surface area contributed by atoms with Crippen LogP contribution in [-0.2, 0) is 0 Å². The molecule has 0 unspecified atom stereocenters. The van der Waals surface area contributed by atoms with Crippen LogP contribution in [0.25, 0.3) is 0 Å². The van der Waals surface area contributed by atoms with Gasteiger partial charge in [0, 0.05) is 27.9 Å². The Morgan fingerprint density at radius 1 is 1.33 bits per heavy atom. The highest BCUT2D eigenvalue weighted by molar-refractivity contribution is 8.00. The number of carbonyl (C=O) groups excluding carboxylic acids is 1. The van der Waals surface area contributed by atoms with E-state index in [-0.39, 0.29) is 17.4 Å². The number of benzene rings is 1. The van der Waals surface area contributed by atoms with Crippen molar-refractivity contribution in [2.24, 2.45) is 0 Å². The number of carbonyl (C=O) groups is 1. The largest absolute Gasteiger partial charge is 0.395 e. The number of rotatable bonds is 5. The third kappa shape index (κ3) is 5.25. The summed E-state index contributed by atoms with van der Waals surface area (Å²) in [6.45, 7) is 6.93. The van der Waals surface area contributed by atoms with E-state index in [2.05, 4.69) is 26.1 Å². The van der Waals surface area contributed by atoms with Gasteiger partial charge in [-0.2, -0.15) is 0 Å². The quantitative estimate of drug-likeness (QED) is 0.818. The van der Waals surface area contributed by atoms with E-state index in [1.807, 2.05) is 24.3 Å². The topological polar surface area (TPSA) is 52.6 Å². The summed E-state index contributed by atoms with van der Waals surface area (Å²) in [6, 6.07) is 8.08. The van der Waals surface area contributed by atoms with Crippen LogP contribution >= 0.6 is 11.8 Å². The molecule has 2 rings (SSSR count). The average Bonchev–Trinajstić information content (AvgIpc) is 3.20. The minimum Gasteiger partial charge on any atom is -0.395 e. The summed E-state index contributed by atoms with van der Waals surface area (Å²) < 4.78 is 0.175. The highest BCUT2D eigenvalue weighted by Crippen LogP contribution is 2.32. The number of urea groups is 1. The first-order valence-corrected chi connectivity index (χ1v) is 8.18. The Hall–Kier alpha value is -1.20. The summed E-state index contributed by atoms with van der Waals surface area (Å²) in [7, 11) is 0. The fourth-order valence-electron chi connectivity index (χ4n) is 2.10. The Kier molecular flexibility index (Phi) is 5.17. The number of nitrogens with zero attached hydrogens (tertiary/aromatic N) is 1. The van der Waals surface area contributed by atoms with Gasteiger partial charge in [-0.3, -0.25) is 0 Å². The molecule has 0 spiro atoms. The maximum atomic E-state index is 12.2. The molecule has 0 aliphatic heterocycles. The number of nitrogens with one attached hydrogen (secondary N) is 1. The Morgan fingerprint density at radius 2 is 1.95 bits per heavy atom. The first-order chi connectivity index (χ1) is 9.89. The molecule has 0 radical (unpaired) electrons. The molecular formula is C16H24N2O2S. The molecule has 1 aromatic rings. The van der Waals surface area contributed by atoms with Crippen molar-refractivity contribution in [2.75, 3.05) is 18.5 Å². The standard InChI is InChI=1S/C16H24N2O2S/c1-16(2,3)21-14-8-4-12(5-9-14)17-15(20)18(10-11-19)13-6-7-13/h4-5,8-9,13,19H,6-7,10-11H2,1-3H3,(H,17,20). The number of thioether (sulfide) groups is 1. The minimum absolute atomic E-state index is 0.00504. The van der Waals surface area contributed by atoms with E-state index >= 15 is 0 Å². The van der Waals surface area contributed by atoms with Crippen molar-refractivity contribution in [3.63, 3.8) is 0 Å². The molecule has 1 aromatic carbocycles. The second kappa shape index (κ2) is 6.71. The number of hydrogen-bond acceptors (Lipinski definition) is 3. The van der Waals surface area contributed by atoms with Gasteiger partial charge < -0.3 is 15.3 Å². The number of aliphatic hydroxyl groups is 1. The lowest BCUT2D eigenvalue weighted by Crippen LogP contribution is -2.38. The number of hydrogen-bond donors (Lipinski definition) is 2. The zero-order chi connectivity index (χ0) is 15.5. The zero-order valence-corrected chi connectivity index (χ0v) is 13.7. The normalized spacial score (nSPS) is 14.9. The Labute approximate surface area is 130 Å². The lowest BCUT2D eigenvalue weighted by molar-refractivity contribution is 0.185. The Balaban J connectivity index is 1.94. The van der Waals surface area contributed by atoms with Gasteiger partial charge in [0.05, 0.1) is 6.61 Å². The number of aliphatic hydroxyl groups excluding tert-OH is 1. The van der Waals surface area contributed by atoms with Gasteiger partial charge in [-0.15, -0.1) is 11.8 Å². The fraction of sp³-hybridized carbons (Fsp3) is 0.562. The van der Waals surface area contributed by atoms with Crippen molar-refractivity contribution < 1.29 is 9.90 Å². The van der Waals surface area contributed by atoms with Gasteiger partial charge >= 0.3 is 6.03 Å². The molecule has 2 amide bonds. The van der Waals surface area contributed by atoms with Crippen molar-refractivity contribution in [1.82, 2.24) is 4.90 Å². The van der Waals surface area contributed by atoms with Gasteiger partial charge in [0.2, 0.25) is 0 Å². The van der Waals surface area contributed by atoms with Crippen molar-refractivity contribution in [1.29, 1.82) is 0 Å². The molecule has 1 aliphatic carbocycles. The van der Waals surface area contributed by atoms with Gasteiger partial charge in [0.1, 0.15) is 0 Å². The summed E-state index contributed by atoms with van der Waals surface area (Å²) >= 11 is 1.80. The van der Waals surface area contributed by atoms with Crippen LogP contribution in [0.1, 0.15) is 33.6 Å². The predicted molar refractivity (Wildman–Crippen MR) is 87.9 cm³/mol. The first kappa shape index (κ1) is 16.2. The maximum absolute atomic E-state index is 12.2. The molecule has 0 bridgehead atoms. The second-order valence-electron chi connectivity index (χ2n) is 6.32. The molecule has 0 heterocycles. The second-order valence-corrected chi connectivity index (χ2v) is 8.22. The van der Waals surface area contributed by atoms with Gasteiger partial charge in [0.25, 0.3) is 0 Å². The van der Waals surface area contributed by atoms with E-state index < -0.39 is 0 Å². The molecule has 116 valence electrons. The third-order valence-corrected chi connectivity index (χ3v) is 4.24. The van der Waals surface area contributed by atoms with E-state index in [4.69, 9.17) is 5.11 Å². The van der Waals surface area contributed by atoms with Gasteiger partial charge in [0.15, 0.2) is 0 Å². The summed E-state index contributed by atoms with van der Waals surface area (Å²) in [4.78, 5) is 15.1. The van der Waals surface area contributed by atoms with Crippen molar-refractivity contribution in [3.8, 4) is 0 Å². The molecular weight excluding hydrogens is 284 g/mol. The molecule has 1 fully saturated rings. The lowest BCUT2D eigenvalue weighted by Gasteiger charge is -2.22. The summed E-state index contributed by atoms with van der Waals surface area (Å²) in [5.74, 6) is 0. The highest BCUT2D eigenvalue weighted by Gasteiger charge is 2.32. The van der Waals surface area contributed by atoms with Crippen LogP contribution in [0.3, 0.4) is 0 Å². The smallest absolute Gasteiger partial charge is 0.322 e. The maximum Gasteiger partial charge on any atom is 0.322 e. The highest BCUT2D eigenvalue weighted by atomic mass is 32.2. The van der Waals surface area contributed by atoms with Crippen LogP contribution < -0.4 is 5.32 Å². The van der Waals surface area contributed by atoms with Gasteiger partial charge in [-0.1, -0.05) is 20.8 Å². The monoisotopic (exact) mass is 308 g/mol. The lowest BCUT2D eigenvalue weighted by atomic mass is 10.3. The van der Waals surface area contributed by atoms with E-state index in [0.717, 1.165) is 18.5 Å². The van der Waals surface area contributed by atoms with E-state index in [0.29, 0.717) is 12.6 Å². The molecule has 1 saturated carbocycles. The van der Waals surface area contributed by atoms with E-state index in [9.17, 15) is 4.79 Å². The molecule has 0 aromatic heterocycles. The average molecular weight is 308 g/mol. The van der Waals surface area contributed by atoms with Crippen LogP contribution in [-0.4, -0.2) is 40.0 Å². The van der Waals surface area contributed by atoms with Crippen molar-refractivity contribution in [3.05, 3.63) is 24.3 Å². The number of amides is 2. The zero-order valence-electron chi connectivity index (χ0n) is 12.9. The van der Waals surface area contributed by atoms with Crippen LogP contribution in [0.2, 0.25) is 0 Å². The van der Waals surface area contributed by atoms with E-state index in [1.54, 1.807) is 16.7 Å². The van der Waals surface area contributed by atoms with Crippen LogP contribution in [0.15, 0.2) is 29.2 Å². The summed E-state index contributed by atoms with van der Waals surface area (Å²) in [6.07, 6.45) is 2.07. The summed E-state index contributed by atoms with van der Waals surface area (Å²) in [5.41, 5.74) is 0.793. The predicted octanol–water partition coefficient (Wildman–Crippen LogP) is 3.57. The molecule has 4 nitrogen and oxygen atoms in total. The number of anilines is 1. The third-order valence-electron chi connectivity index (χ3n) is 3.12. The Morgan fingerprint density at radius 3 is 2.43 bits per heavy atom. The molecule has 0 saturated heterocycles. The van der Waals surface area contributed by atoms with Crippen LogP contribution in [0.4, 0.5) is 10.5 Å². The summed E-state index contributed by atoms with van der Waals surface area (Å²) in [5, 5.41) is 12.0. The van der Waals surface area contributed by atoms with Crippen LogP contribution in [0, 0.1) is 0 Å². The molecule has 2 N–H and O–H groups in total. The molecule has 5 heteroatoms. The molecule has 21 heavy (non-hydrogen) atoms. The fourth-order valence-corrected chi connectivity index (χ4v) is 3.08. The van der Waals surface area contributed by atoms with Crippen molar-refractivity contribution >= 4 is 23.5 Å². The van der Waals surface area contributed by atoms with Crippen LogP contribution in [0.5, 0.6) is 0 Å². The SMILES string of the molecule is CC(C)(C)Sc1ccc(NC(=O)N(CCO)C2CC2)cc1.